The number of aromatic amines is 1. The second-order valence-electron chi connectivity index (χ2n) is 4.09. The normalized spacial score (nSPS) is 15.6. The fourth-order valence-corrected chi connectivity index (χ4v) is 1.59. The third-order valence-corrected chi connectivity index (χ3v) is 2.77. The SMILES string of the molecule is CCc1nc(CNC2CC2)[nH]c(=O)c1C. The Morgan fingerprint density at radius 3 is 2.87 bits per heavy atom. The molecule has 0 saturated heterocycles. The zero-order valence-corrected chi connectivity index (χ0v) is 9.26. The lowest BCUT2D eigenvalue weighted by Crippen LogP contribution is -2.23. The lowest BCUT2D eigenvalue weighted by atomic mass is 10.2. The Kier molecular flexibility index (Phi) is 2.86. The first kappa shape index (κ1) is 10.4. The van der Waals surface area contributed by atoms with E-state index < -0.39 is 0 Å². The van der Waals surface area contributed by atoms with E-state index in [-0.39, 0.29) is 5.56 Å². The molecule has 15 heavy (non-hydrogen) atoms. The Morgan fingerprint density at radius 1 is 1.53 bits per heavy atom. The summed E-state index contributed by atoms with van der Waals surface area (Å²) in [6.45, 7) is 4.52. The van der Waals surface area contributed by atoms with Gasteiger partial charge in [0.05, 0.1) is 12.2 Å². The van der Waals surface area contributed by atoms with Crippen LogP contribution in [-0.2, 0) is 13.0 Å². The van der Waals surface area contributed by atoms with Crippen LogP contribution in [0.2, 0.25) is 0 Å². The van der Waals surface area contributed by atoms with Gasteiger partial charge in [-0.25, -0.2) is 4.98 Å². The summed E-state index contributed by atoms with van der Waals surface area (Å²) < 4.78 is 0. The molecule has 1 aliphatic rings. The van der Waals surface area contributed by atoms with Gasteiger partial charge in [-0.15, -0.1) is 0 Å². The predicted molar refractivity (Wildman–Crippen MR) is 58.8 cm³/mol. The van der Waals surface area contributed by atoms with E-state index in [9.17, 15) is 4.79 Å². The monoisotopic (exact) mass is 207 g/mol. The third-order valence-electron chi connectivity index (χ3n) is 2.77. The van der Waals surface area contributed by atoms with Crippen molar-refractivity contribution in [1.82, 2.24) is 15.3 Å². The lowest BCUT2D eigenvalue weighted by molar-refractivity contribution is 0.649. The van der Waals surface area contributed by atoms with E-state index in [1.54, 1.807) is 0 Å². The lowest BCUT2D eigenvalue weighted by Gasteiger charge is -2.06. The molecule has 0 atom stereocenters. The van der Waals surface area contributed by atoms with Gasteiger partial charge in [0.25, 0.3) is 5.56 Å². The summed E-state index contributed by atoms with van der Waals surface area (Å²) in [6.07, 6.45) is 3.31. The summed E-state index contributed by atoms with van der Waals surface area (Å²) >= 11 is 0. The molecule has 0 aromatic carbocycles. The molecular weight excluding hydrogens is 190 g/mol. The van der Waals surface area contributed by atoms with E-state index in [0.717, 1.165) is 23.5 Å². The Balaban J connectivity index is 2.15. The second kappa shape index (κ2) is 4.14. The first-order valence-electron chi connectivity index (χ1n) is 5.52. The molecule has 4 heteroatoms. The molecule has 1 aliphatic carbocycles. The van der Waals surface area contributed by atoms with Crippen LogP contribution in [-0.4, -0.2) is 16.0 Å². The van der Waals surface area contributed by atoms with Crippen LogP contribution >= 0.6 is 0 Å². The van der Waals surface area contributed by atoms with Crippen molar-refractivity contribution in [2.75, 3.05) is 0 Å². The van der Waals surface area contributed by atoms with Crippen LogP contribution in [0.15, 0.2) is 4.79 Å². The van der Waals surface area contributed by atoms with Crippen LogP contribution < -0.4 is 10.9 Å². The molecule has 0 radical (unpaired) electrons. The maximum atomic E-state index is 11.6. The molecule has 1 saturated carbocycles. The van der Waals surface area contributed by atoms with Gasteiger partial charge in [-0.05, 0) is 26.2 Å². The summed E-state index contributed by atoms with van der Waals surface area (Å²) in [4.78, 5) is 18.8. The van der Waals surface area contributed by atoms with Gasteiger partial charge in [-0.2, -0.15) is 0 Å². The quantitative estimate of drug-likeness (QED) is 0.771. The number of rotatable bonds is 4. The number of aryl methyl sites for hydroxylation is 1. The Bertz CT molecular complexity index is 407. The van der Waals surface area contributed by atoms with E-state index in [2.05, 4.69) is 15.3 Å². The average Bonchev–Trinajstić information content (AvgIpc) is 3.03. The van der Waals surface area contributed by atoms with Crippen molar-refractivity contribution >= 4 is 0 Å². The first-order chi connectivity index (χ1) is 7.20. The van der Waals surface area contributed by atoms with E-state index >= 15 is 0 Å². The number of aromatic nitrogens is 2. The van der Waals surface area contributed by atoms with E-state index in [0.29, 0.717) is 12.6 Å². The smallest absolute Gasteiger partial charge is 0.254 e. The van der Waals surface area contributed by atoms with E-state index in [1.807, 2.05) is 13.8 Å². The molecule has 0 amide bonds. The van der Waals surface area contributed by atoms with Crippen LogP contribution in [0.25, 0.3) is 0 Å². The van der Waals surface area contributed by atoms with Crippen LogP contribution in [0.5, 0.6) is 0 Å². The summed E-state index contributed by atoms with van der Waals surface area (Å²) in [6, 6.07) is 0.640. The Hall–Kier alpha value is -1.16. The third kappa shape index (κ3) is 2.45. The van der Waals surface area contributed by atoms with Gasteiger partial charge in [-0.1, -0.05) is 6.92 Å². The summed E-state index contributed by atoms with van der Waals surface area (Å²) in [5, 5.41) is 3.34. The summed E-state index contributed by atoms with van der Waals surface area (Å²) in [5.74, 6) is 0.759. The molecule has 0 bridgehead atoms. The van der Waals surface area contributed by atoms with Crippen LogP contribution in [0.1, 0.15) is 36.8 Å². The van der Waals surface area contributed by atoms with Crippen LogP contribution in [0, 0.1) is 6.92 Å². The summed E-state index contributed by atoms with van der Waals surface area (Å²) in [5.41, 5.74) is 1.65. The molecular formula is C11H17N3O. The van der Waals surface area contributed by atoms with Crippen molar-refractivity contribution in [3.8, 4) is 0 Å². The largest absolute Gasteiger partial charge is 0.309 e. The molecule has 1 aromatic heterocycles. The van der Waals surface area contributed by atoms with Gasteiger partial charge in [0, 0.05) is 11.6 Å². The highest BCUT2D eigenvalue weighted by atomic mass is 16.1. The number of hydrogen-bond acceptors (Lipinski definition) is 3. The van der Waals surface area contributed by atoms with Crippen molar-refractivity contribution < 1.29 is 0 Å². The van der Waals surface area contributed by atoms with Crippen molar-refractivity contribution in [3.63, 3.8) is 0 Å². The van der Waals surface area contributed by atoms with Crippen molar-refractivity contribution in [1.29, 1.82) is 0 Å². The molecule has 1 fully saturated rings. The highest BCUT2D eigenvalue weighted by molar-refractivity contribution is 5.15. The van der Waals surface area contributed by atoms with E-state index in [4.69, 9.17) is 0 Å². The zero-order chi connectivity index (χ0) is 10.8. The topological polar surface area (TPSA) is 57.8 Å². The molecule has 82 valence electrons. The average molecular weight is 207 g/mol. The Morgan fingerprint density at radius 2 is 2.27 bits per heavy atom. The van der Waals surface area contributed by atoms with Crippen molar-refractivity contribution in [2.24, 2.45) is 0 Å². The van der Waals surface area contributed by atoms with E-state index in [1.165, 1.54) is 12.8 Å². The molecule has 2 rings (SSSR count). The number of hydrogen-bond donors (Lipinski definition) is 2. The predicted octanol–water partition coefficient (Wildman–Crippen LogP) is 0.893. The standard InChI is InChI=1S/C11H17N3O/c1-3-9-7(2)11(15)14-10(13-9)6-12-8-4-5-8/h8,12H,3-6H2,1-2H3,(H,13,14,15). The second-order valence-corrected chi connectivity index (χ2v) is 4.09. The molecule has 2 N–H and O–H groups in total. The zero-order valence-electron chi connectivity index (χ0n) is 9.26. The van der Waals surface area contributed by atoms with Crippen molar-refractivity contribution in [3.05, 3.63) is 27.4 Å². The van der Waals surface area contributed by atoms with Gasteiger partial charge in [0.2, 0.25) is 0 Å². The first-order valence-corrected chi connectivity index (χ1v) is 5.52. The van der Waals surface area contributed by atoms with Gasteiger partial charge in [0.15, 0.2) is 0 Å². The van der Waals surface area contributed by atoms with Gasteiger partial charge in [-0.3, -0.25) is 4.79 Å². The van der Waals surface area contributed by atoms with Crippen LogP contribution in [0.4, 0.5) is 0 Å². The molecule has 1 heterocycles. The van der Waals surface area contributed by atoms with Crippen molar-refractivity contribution in [2.45, 2.75) is 45.7 Å². The minimum Gasteiger partial charge on any atom is -0.309 e. The minimum atomic E-state index is -0.00514. The minimum absolute atomic E-state index is 0.00514. The summed E-state index contributed by atoms with van der Waals surface area (Å²) in [7, 11) is 0. The number of nitrogens with zero attached hydrogens (tertiary/aromatic N) is 1. The maximum absolute atomic E-state index is 11.6. The van der Waals surface area contributed by atoms with Gasteiger partial charge >= 0.3 is 0 Å². The Labute approximate surface area is 89.1 Å². The van der Waals surface area contributed by atoms with Gasteiger partial charge in [0.1, 0.15) is 5.82 Å². The highest BCUT2D eigenvalue weighted by Crippen LogP contribution is 2.18. The van der Waals surface area contributed by atoms with Gasteiger partial charge < -0.3 is 10.3 Å². The maximum Gasteiger partial charge on any atom is 0.254 e. The molecule has 0 spiro atoms. The molecule has 4 nitrogen and oxygen atoms in total. The molecule has 0 aliphatic heterocycles. The number of nitrogens with one attached hydrogen (secondary N) is 2. The fourth-order valence-electron chi connectivity index (χ4n) is 1.59. The molecule has 0 unspecified atom stereocenters. The van der Waals surface area contributed by atoms with Crippen LogP contribution in [0.3, 0.4) is 0 Å². The molecule has 1 aromatic rings. The highest BCUT2D eigenvalue weighted by Gasteiger charge is 2.20. The fraction of sp³-hybridized carbons (Fsp3) is 0.636. The number of H-pyrrole nitrogens is 1.